The van der Waals surface area contributed by atoms with Gasteiger partial charge in [-0.3, -0.25) is 9.59 Å². The number of carbonyl (C=O) groups is 2. The molecule has 0 atom stereocenters. The molecule has 0 fully saturated rings. The lowest BCUT2D eigenvalue weighted by Crippen LogP contribution is -2.35. The van der Waals surface area contributed by atoms with Crippen molar-refractivity contribution in [1.29, 1.82) is 0 Å². The lowest BCUT2D eigenvalue weighted by molar-refractivity contribution is -0.119. The molecule has 0 aliphatic heterocycles. The van der Waals surface area contributed by atoms with Gasteiger partial charge < -0.3 is 16.4 Å². The van der Waals surface area contributed by atoms with E-state index in [2.05, 4.69) is 26.6 Å². The smallest absolute Gasteiger partial charge is 0.252 e. The molecule has 1 rings (SSSR count). The Labute approximate surface area is 102 Å². The molecule has 16 heavy (non-hydrogen) atoms. The molecule has 5 nitrogen and oxygen atoms in total. The van der Waals surface area contributed by atoms with Gasteiger partial charge in [0.1, 0.15) is 0 Å². The number of nitrogens with two attached hydrogens (primary N) is 1. The summed E-state index contributed by atoms with van der Waals surface area (Å²) in [6.45, 7) is -0.0590. The first-order valence-electron chi connectivity index (χ1n) is 4.59. The molecule has 4 N–H and O–H groups in total. The SMILES string of the molecule is CNC(=O)CNC(=O)c1cccc(N)c1Br. The van der Waals surface area contributed by atoms with Crippen LogP contribution in [0.2, 0.25) is 0 Å². The van der Waals surface area contributed by atoms with Crippen molar-refractivity contribution in [3.05, 3.63) is 28.2 Å². The van der Waals surface area contributed by atoms with Crippen molar-refractivity contribution in [1.82, 2.24) is 10.6 Å². The fourth-order valence-electron chi connectivity index (χ4n) is 1.07. The van der Waals surface area contributed by atoms with E-state index in [9.17, 15) is 9.59 Å². The summed E-state index contributed by atoms with van der Waals surface area (Å²) in [5.41, 5.74) is 6.52. The minimum Gasteiger partial charge on any atom is -0.398 e. The lowest BCUT2D eigenvalue weighted by Gasteiger charge is -2.07. The first kappa shape index (κ1) is 12.5. The number of likely N-dealkylation sites (N-methyl/N-ethyl adjacent to an activating group) is 1. The van der Waals surface area contributed by atoms with E-state index in [1.165, 1.54) is 7.05 Å². The average Bonchev–Trinajstić information content (AvgIpc) is 2.29. The highest BCUT2D eigenvalue weighted by Crippen LogP contribution is 2.23. The molecule has 0 aliphatic rings. The first-order chi connectivity index (χ1) is 7.56. The number of carbonyl (C=O) groups excluding carboxylic acids is 2. The van der Waals surface area contributed by atoms with Gasteiger partial charge in [-0.1, -0.05) is 6.07 Å². The van der Waals surface area contributed by atoms with Crippen LogP contribution in [0.25, 0.3) is 0 Å². The van der Waals surface area contributed by atoms with E-state index in [-0.39, 0.29) is 18.4 Å². The van der Waals surface area contributed by atoms with Crippen LogP contribution in [0.4, 0.5) is 5.69 Å². The van der Waals surface area contributed by atoms with Gasteiger partial charge >= 0.3 is 0 Å². The average molecular weight is 286 g/mol. The summed E-state index contributed by atoms with van der Waals surface area (Å²) in [5, 5.41) is 4.89. The minimum absolute atomic E-state index is 0.0590. The second-order valence-electron chi connectivity index (χ2n) is 3.06. The standard InChI is InChI=1S/C10H12BrN3O2/c1-13-8(15)5-14-10(16)6-3-2-4-7(12)9(6)11/h2-4H,5,12H2,1H3,(H,13,15)(H,14,16). The van der Waals surface area contributed by atoms with E-state index in [0.717, 1.165) is 0 Å². The van der Waals surface area contributed by atoms with Crippen molar-refractivity contribution >= 4 is 33.4 Å². The number of amides is 2. The predicted octanol–water partition coefficient (Wildman–Crippen LogP) is 0.507. The molecule has 86 valence electrons. The zero-order valence-electron chi connectivity index (χ0n) is 8.71. The van der Waals surface area contributed by atoms with E-state index < -0.39 is 0 Å². The summed E-state index contributed by atoms with van der Waals surface area (Å²) in [6, 6.07) is 4.98. The topological polar surface area (TPSA) is 84.2 Å². The highest BCUT2D eigenvalue weighted by molar-refractivity contribution is 9.10. The third kappa shape index (κ3) is 2.96. The Morgan fingerprint density at radius 1 is 1.44 bits per heavy atom. The van der Waals surface area contributed by atoms with Gasteiger partial charge in [0, 0.05) is 12.7 Å². The third-order valence-corrected chi connectivity index (χ3v) is 2.85. The van der Waals surface area contributed by atoms with Crippen molar-refractivity contribution in [3.63, 3.8) is 0 Å². The van der Waals surface area contributed by atoms with Crippen LogP contribution in [0.3, 0.4) is 0 Å². The number of anilines is 1. The molecule has 2 amide bonds. The molecule has 1 aromatic carbocycles. The molecule has 0 saturated carbocycles. The Kier molecular flexibility index (Phi) is 4.30. The maximum Gasteiger partial charge on any atom is 0.252 e. The molecule has 0 aliphatic carbocycles. The summed E-state index contributed by atoms with van der Waals surface area (Å²) in [7, 11) is 1.50. The van der Waals surface area contributed by atoms with Crippen LogP contribution >= 0.6 is 15.9 Å². The number of hydrogen-bond donors (Lipinski definition) is 3. The molecule has 0 spiro atoms. The molecule has 0 heterocycles. The Balaban J connectivity index is 2.74. The van der Waals surface area contributed by atoms with Crippen LogP contribution in [-0.4, -0.2) is 25.4 Å². The summed E-state index contributed by atoms with van der Waals surface area (Å²) in [6.07, 6.45) is 0. The van der Waals surface area contributed by atoms with Gasteiger partial charge in [-0.05, 0) is 28.1 Å². The Hall–Kier alpha value is -1.56. The fraction of sp³-hybridized carbons (Fsp3) is 0.200. The highest BCUT2D eigenvalue weighted by Gasteiger charge is 2.12. The monoisotopic (exact) mass is 285 g/mol. The predicted molar refractivity (Wildman–Crippen MR) is 65.0 cm³/mol. The normalized spacial score (nSPS) is 9.62. The Bertz CT molecular complexity index is 421. The van der Waals surface area contributed by atoms with E-state index in [1.807, 2.05) is 0 Å². The number of hydrogen-bond acceptors (Lipinski definition) is 3. The van der Waals surface area contributed by atoms with Crippen LogP contribution in [0.5, 0.6) is 0 Å². The van der Waals surface area contributed by atoms with Crippen molar-refractivity contribution in [2.24, 2.45) is 0 Å². The quantitative estimate of drug-likeness (QED) is 0.708. The van der Waals surface area contributed by atoms with Gasteiger partial charge in [-0.2, -0.15) is 0 Å². The summed E-state index contributed by atoms with van der Waals surface area (Å²) in [4.78, 5) is 22.6. The number of nitrogens with one attached hydrogen (secondary N) is 2. The van der Waals surface area contributed by atoms with Crippen LogP contribution < -0.4 is 16.4 Å². The molecule has 0 saturated heterocycles. The molecule has 0 unspecified atom stereocenters. The number of benzene rings is 1. The minimum atomic E-state index is -0.345. The van der Waals surface area contributed by atoms with Crippen molar-refractivity contribution in [3.8, 4) is 0 Å². The summed E-state index contributed by atoms with van der Waals surface area (Å²) in [5.74, 6) is -0.601. The van der Waals surface area contributed by atoms with Crippen molar-refractivity contribution < 1.29 is 9.59 Å². The van der Waals surface area contributed by atoms with Gasteiger partial charge in [0.25, 0.3) is 5.91 Å². The zero-order valence-corrected chi connectivity index (χ0v) is 10.3. The molecule has 0 bridgehead atoms. The second-order valence-corrected chi connectivity index (χ2v) is 3.86. The van der Waals surface area contributed by atoms with E-state index in [0.29, 0.717) is 15.7 Å². The Morgan fingerprint density at radius 2 is 2.12 bits per heavy atom. The number of rotatable bonds is 3. The lowest BCUT2D eigenvalue weighted by atomic mass is 10.2. The van der Waals surface area contributed by atoms with Gasteiger partial charge in [-0.15, -0.1) is 0 Å². The Morgan fingerprint density at radius 3 is 2.75 bits per heavy atom. The van der Waals surface area contributed by atoms with Gasteiger partial charge in [0.15, 0.2) is 0 Å². The largest absolute Gasteiger partial charge is 0.398 e. The third-order valence-electron chi connectivity index (χ3n) is 1.96. The number of nitrogen functional groups attached to an aromatic ring is 1. The van der Waals surface area contributed by atoms with Crippen LogP contribution in [-0.2, 0) is 4.79 Å². The van der Waals surface area contributed by atoms with E-state index in [1.54, 1.807) is 18.2 Å². The fourth-order valence-corrected chi connectivity index (χ4v) is 1.51. The molecular weight excluding hydrogens is 274 g/mol. The maximum atomic E-state index is 11.7. The molecule has 6 heteroatoms. The number of halogens is 1. The van der Waals surface area contributed by atoms with E-state index >= 15 is 0 Å². The second kappa shape index (κ2) is 5.50. The van der Waals surface area contributed by atoms with Crippen LogP contribution in [0.1, 0.15) is 10.4 Å². The van der Waals surface area contributed by atoms with Gasteiger partial charge in [-0.25, -0.2) is 0 Å². The van der Waals surface area contributed by atoms with Gasteiger partial charge in [0.2, 0.25) is 5.91 Å². The van der Waals surface area contributed by atoms with Crippen molar-refractivity contribution in [2.75, 3.05) is 19.3 Å². The zero-order chi connectivity index (χ0) is 12.1. The highest BCUT2D eigenvalue weighted by atomic mass is 79.9. The molecule has 1 aromatic rings. The first-order valence-corrected chi connectivity index (χ1v) is 5.38. The maximum absolute atomic E-state index is 11.7. The van der Waals surface area contributed by atoms with E-state index in [4.69, 9.17) is 5.73 Å². The van der Waals surface area contributed by atoms with Gasteiger partial charge in [0.05, 0.1) is 16.6 Å². The molecular formula is C10H12BrN3O2. The van der Waals surface area contributed by atoms with Crippen molar-refractivity contribution in [2.45, 2.75) is 0 Å². The molecule has 0 aromatic heterocycles. The summed E-state index contributed by atoms with van der Waals surface area (Å²) < 4.78 is 0.532. The van der Waals surface area contributed by atoms with Crippen LogP contribution in [0, 0.1) is 0 Å². The molecule has 0 radical (unpaired) electrons. The van der Waals surface area contributed by atoms with Crippen LogP contribution in [0.15, 0.2) is 22.7 Å². The summed E-state index contributed by atoms with van der Waals surface area (Å²) >= 11 is 3.22.